The van der Waals surface area contributed by atoms with Gasteiger partial charge >= 0.3 is 0 Å². The van der Waals surface area contributed by atoms with Crippen molar-refractivity contribution in [1.82, 2.24) is 0 Å². The molecule has 0 fully saturated rings. The van der Waals surface area contributed by atoms with Crippen LogP contribution in [0, 0.1) is 18.8 Å². The molecule has 0 unspecified atom stereocenters. The normalized spacial score (nSPS) is 10.5. The van der Waals surface area contributed by atoms with Gasteiger partial charge in [-0.25, -0.2) is 4.39 Å². The summed E-state index contributed by atoms with van der Waals surface area (Å²) in [6.07, 6.45) is 0. The molecule has 0 heterocycles. The van der Waals surface area contributed by atoms with E-state index in [-0.39, 0.29) is 5.82 Å². The summed E-state index contributed by atoms with van der Waals surface area (Å²) in [7, 11) is 0. The van der Waals surface area contributed by atoms with Crippen molar-refractivity contribution in [3.63, 3.8) is 0 Å². The van der Waals surface area contributed by atoms with E-state index in [0.29, 0.717) is 5.56 Å². The summed E-state index contributed by atoms with van der Waals surface area (Å²) in [5.41, 5.74) is 0.710. The van der Waals surface area contributed by atoms with E-state index in [4.69, 9.17) is 0 Å². The van der Waals surface area contributed by atoms with Crippen LogP contribution in [-0.4, -0.2) is 0 Å². The lowest BCUT2D eigenvalue weighted by Crippen LogP contribution is -1.83. The zero-order valence-corrected chi connectivity index (χ0v) is 6.76. The second kappa shape index (κ2) is 2.59. The van der Waals surface area contributed by atoms with Crippen LogP contribution < -0.4 is 0 Å². The summed E-state index contributed by atoms with van der Waals surface area (Å²) >= 11 is 0. The SMILES string of the molecule is Cc1c(F)ccc2c[c]ccc12. The topological polar surface area (TPSA) is 0 Å². The van der Waals surface area contributed by atoms with Gasteiger partial charge in [0.05, 0.1) is 0 Å². The van der Waals surface area contributed by atoms with E-state index in [9.17, 15) is 4.39 Å². The van der Waals surface area contributed by atoms with Crippen LogP contribution in [0.4, 0.5) is 4.39 Å². The van der Waals surface area contributed by atoms with Crippen LogP contribution in [0.5, 0.6) is 0 Å². The van der Waals surface area contributed by atoms with Gasteiger partial charge in [-0.3, -0.25) is 0 Å². The molecule has 0 saturated heterocycles. The van der Waals surface area contributed by atoms with Gasteiger partial charge in [-0.15, -0.1) is 0 Å². The third kappa shape index (κ3) is 0.981. The summed E-state index contributed by atoms with van der Waals surface area (Å²) < 4.78 is 13.0. The van der Waals surface area contributed by atoms with Crippen molar-refractivity contribution in [3.8, 4) is 0 Å². The van der Waals surface area contributed by atoms with E-state index in [1.54, 1.807) is 19.1 Å². The summed E-state index contributed by atoms with van der Waals surface area (Å²) in [4.78, 5) is 0. The van der Waals surface area contributed by atoms with E-state index in [0.717, 1.165) is 10.8 Å². The van der Waals surface area contributed by atoms with Crippen molar-refractivity contribution in [2.24, 2.45) is 0 Å². The van der Waals surface area contributed by atoms with Crippen molar-refractivity contribution >= 4 is 10.8 Å². The Morgan fingerprint density at radius 3 is 2.92 bits per heavy atom. The van der Waals surface area contributed by atoms with E-state index in [1.165, 1.54) is 6.07 Å². The molecule has 12 heavy (non-hydrogen) atoms. The Morgan fingerprint density at radius 1 is 1.25 bits per heavy atom. The van der Waals surface area contributed by atoms with Crippen LogP contribution in [0.2, 0.25) is 0 Å². The Bertz CT molecular complexity index is 418. The van der Waals surface area contributed by atoms with Crippen LogP contribution in [-0.2, 0) is 0 Å². The van der Waals surface area contributed by atoms with Crippen molar-refractivity contribution in [2.75, 3.05) is 0 Å². The highest BCUT2D eigenvalue weighted by molar-refractivity contribution is 5.85. The zero-order valence-electron chi connectivity index (χ0n) is 6.76. The molecule has 0 aromatic heterocycles. The lowest BCUT2D eigenvalue weighted by atomic mass is 10.1. The third-order valence-corrected chi connectivity index (χ3v) is 2.07. The molecule has 0 N–H and O–H groups in total. The minimum atomic E-state index is -0.145. The van der Waals surface area contributed by atoms with Gasteiger partial charge in [0, 0.05) is 0 Å². The molecule has 0 amide bonds. The monoisotopic (exact) mass is 159 g/mol. The number of halogens is 1. The highest BCUT2D eigenvalue weighted by atomic mass is 19.1. The fourth-order valence-corrected chi connectivity index (χ4v) is 1.34. The second-order valence-electron chi connectivity index (χ2n) is 2.82. The van der Waals surface area contributed by atoms with E-state index >= 15 is 0 Å². The Kier molecular flexibility index (Phi) is 1.58. The van der Waals surface area contributed by atoms with Crippen molar-refractivity contribution in [1.29, 1.82) is 0 Å². The molecular weight excluding hydrogens is 151 g/mol. The van der Waals surface area contributed by atoms with Gasteiger partial charge in [0.25, 0.3) is 0 Å². The second-order valence-corrected chi connectivity index (χ2v) is 2.82. The van der Waals surface area contributed by atoms with E-state index in [2.05, 4.69) is 6.07 Å². The summed E-state index contributed by atoms with van der Waals surface area (Å²) in [5.74, 6) is -0.145. The summed E-state index contributed by atoms with van der Waals surface area (Å²) in [6.45, 7) is 1.79. The number of hydrogen-bond acceptors (Lipinski definition) is 0. The first-order valence-corrected chi connectivity index (χ1v) is 3.84. The van der Waals surface area contributed by atoms with Crippen LogP contribution in [0.3, 0.4) is 0 Å². The van der Waals surface area contributed by atoms with Gasteiger partial charge in [-0.1, -0.05) is 18.2 Å². The molecule has 0 atom stereocenters. The fourth-order valence-electron chi connectivity index (χ4n) is 1.34. The van der Waals surface area contributed by atoms with Crippen LogP contribution in [0.1, 0.15) is 5.56 Å². The molecule has 0 saturated carbocycles. The molecule has 2 rings (SSSR count). The average Bonchev–Trinajstić information content (AvgIpc) is 2.12. The molecule has 2 aromatic carbocycles. The summed E-state index contributed by atoms with van der Waals surface area (Å²) in [6, 6.07) is 11.8. The zero-order chi connectivity index (χ0) is 8.55. The van der Waals surface area contributed by atoms with Gasteiger partial charge < -0.3 is 0 Å². The Labute approximate surface area is 70.6 Å². The highest BCUT2D eigenvalue weighted by Crippen LogP contribution is 2.19. The number of fused-ring (bicyclic) bond motifs is 1. The number of rotatable bonds is 0. The lowest BCUT2D eigenvalue weighted by molar-refractivity contribution is 0.621. The van der Waals surface area contributed by atoms with Crippen molar-refractivity contribution in [2.45, 2.75) is 6.92 Å². The van der Waals surface area contributed by atoms with E-state index < -0.39 is 0 Å². The maximum Gasteiger partial charge on any atom is 0.126 e. The molecule has 0 aliphatic carbocycles. The quantitative estimate of drug-likeness (QED) is 0.554. The Balaban J connectivity index is 2.91. The number of benzene rings is 2. The molecule has 0 nitrogen and oxygen atoms in total. The van der Waals surface area contributed by atoms with Gasteiger partial charge in [-0.2, -0.15) is 0 Å². The molecule has 1 heteroatoms. The smallest absolute Gasteiger partial charge is 0.126 e. The first kappa shape index (κ1) is 7.29. The van der Waals surface area contributed by atoms with Crippen molar-refractivity contribution < 1.29 is 4.39 Å². The van der Waals surface area contributed by atoms with Gasteiger partial charge in [0.15, 0.2) is 0 Å². The first-order valence-electron chi connectivity index (χ1n) is 3.84. The lowest BCUT2D eigenvalue weighted by Gasteiger charge is -2.01. The Morgan fingerprint density at radius 2 is 2.08 bits per heavy atom. The van der Waals surface area contributed by atoms with Crippen LogP contribution in [0.25, 0.3) is 10.8 Å². The van der Waals surface area contributed by atoms with Crippen LogP contribution in [0.15, 0.2) is 30.3 Å². The van der Waals surface area contributed by atoms with Gasteiger partial charge in [-0.05, 0) is 41.5 Å². The molecule has 1 radical (unpaired) electrons. The van der Waals surface area contributed by atoms with E-state index in [1.807, 2.05) is 12.1 Å². The van der Waals surface area contributed by atoms with Crippen molar-refractivity contribution in [3.05, 3.63) is 47.8 Å². The molecule has 0 spiro atoms. The molecule has 0 aliphatic heterocycles. The third-order valence-electron chi connectivity index (χ3n) is 2.07. The molecule has 2 aromatic rings. The predicted octanol–water partition coefficient (Wildman–Crippen LogP) is 3.09. The van der Waals surface area contributed by atoms with Crippen LogP contribution >= 0.6 is 0 Å². The molecule has 0 bridgehead atoms. The maximum atomic E-state index is 13.0. The van der Waals surface area contributed by atoms with Gasteiger partial charge in [0.2, 0.25) is 0 Å². The molecule has 0 aliphatic rings. The molecular formula is C11H8F. The first-order chi connectivity index (χ1) is 5.79. The Hall–Kier alpha value is -1.37. The highest BCUT2D eigenvalue weighted by Gasteiger charge is 2.00. The standard InChI is InChI=1S/C11H8F/c1-8-10-5-3-2-4-9(10)6-7-11(8)12/h3-7H,1H3. The summed E-state index contributed by atoms with van der Waals surface area (Å²) in [5, 5.41) is 2.00. The number of aryl methyl sites for hydroxylation is 1. The minimum absolute atomic E-state index is 0.145. The predicted molar refractivity (Wildman–Crippen MR) is 47.5 cm³/mol. The number of hydrogen-bond donors (Lipinski definition) is 0. The maximum absolute atomic E-state index is 13.0. The average molecular weight is 159 g/mol. The van der Waals surface area contributed by atoms with Gasteiger partial charge in [0.1, 0.15) is 5.82 Å². The largest absolute Gasteiger partial charge is 0.207 e. The minimum Gasteiger partial charge on any atom is -0.207 e. The fraction of sp³-hybridized carbons (Fsp3) is 0.0909. The molecule has 59 valence electrons.